The molecule has 0 fully saturated rings. The molecule has 0 aliphatic carbocycles. The maximum Gasteiger partial charge on any atom is 0.286 e. The van der Waals surface area contributed by atoms with Crippen LogP contribution in [0.2, 0.25) is 0 Å². The first-order valence-electron chi connectivity index (χ1n) is 9.19. The summed E-state index contributed by atoms with van der Waals surface area (Å²) in [6.45, 7) is 2.04. The molecule has 2 aromatic carbocycles. The van der Waals surface area contributed by atoms with Crippen molar-refractivity contribution in [3.63, 3.8) is 0 Å². The summed E-state index contributed by atoms with van der Waals surface area (Å²) >= 11 is 1.35. The van der Waals surface area contributed by atoms with Gasteiger partial charge >= 0.3 is 0 Å². The van der Waals surface area contributed by atoms with Crippen molar-refractivity contribution in [3.8, 4) is 0 Å². The van der Waals surface area contributed by atoms with Gasteiger partial charge in [0.05, 0.1) is 10.4 Å². The van der Waals surface area contributed by atoms with Crippen LogP contribution in [0.25, 0.3) is 27.9 Å². The minimum absolute atomic E-state index is 0.256. The number of aryl methyl sites for hydroxylation is 1. The van der Waals surface area contributed by atoms with Crippen LogP contribution in [-0.2, 0) is 4.79 Å². The first kappa shape index (κ1) is 17.7. The van der Waals surface area contributed by atoms with Crippen LogP contribution in [0.15, 0.2) is 75.1 Å². The van der Waals surface area contributed by atoms with Crippen LogP contribution >= 0.6 is 11.8 Å². The zero-order valence-corrected chi connectivity index (χ0v) is 16.7. The van der Waals surface area contributed by atoms with Crippen LogP contribution in [0.5, 0.6) is 0 Å². The summed E-state index contributed by atoms with van der Waals surface area (Å²) < 4.78 is 6.04. The Hall–Kier alpha value is -3.38. The van der Waals surface area contributed by atoms with Crippen LogP contribution in [0, 0.1) is 6.92 Å². The summed E-state index contributed by atoms with van der Waals surface area (Å²) in [6, 6.07) is 17.8. The van der Waals surface area contributed by atoms with Crippen molar-refractivity contribution < 1.29 is 9.21 Å². The quantitative estimate of drug-likeness (QED) is 0.423. The molecule has 5 nitrogen and oxygen atoms in total. The smallest absolute Gasteiger partial charge is 0.286 e. The Morgan fingerprint density at radius 1 is 1.10 bits per heavy atom. The summed E-state index contributed by atoms with van der Waals surface area (Å²) in [5.74, 6) is 0.359. The number of aliphatic imine (C=N–C) groups is 1. The van der Waals surface area contributed by atoms with Crippen LogP contribution in [0.4, 0.5) is 5.69 Å². The predicted octanol–water partition coefficient (Wildman–Crippen LogP) is 5.40. The summed E-state index contributed by atoms with van der Waals surface area (Å²) in [7, 11) is 1.92. The third-order valence-corrected chi connectivity index (χ3v) is 5.98. The second-order valence-corrected chi connectivity index (χ2v) is 7.87. The number of pyridine rings is 1. The molecule has 0 N–H and O–H groups in total. The van der Waals surface area contributed by atoms with Crippen molar-refractivity contribution >= 4 is 56.5 Å². The lowest BCUT2D eigenvalue weighted by Crippen LogP contribution is -2.22. The topological polar surface area (TPSA) is 58.7 Å². The minimum atomic E-state index is -0.256. The molecule has 0 atom stereocenters. The van der Waals surface area contributed by atoms with Crippen LogP contribution in [-0.4, -0.2) is 23.1 Å². The third-order valence-electron chi connectivity index (χ3n) is 4.92. The van der Waals surface area contributed by atoms with Crippen molar-refractivity contribution in [1.82, 2.24) is 4.98 Å². The molecule has 1 amide bonds. The molecule has 0 saturated carbocycles. The average Bonchev–Trinajstić information content (AvgIpc) is 3.31. The van der Waals surface area contributed by atoms with Crippen molar-refractivity contribution in [1.29, 1.82) is 0 Å². The number of nitrogens with zero attached hydrogens (tertiary/aromatic N) is 3. The maximum atomic E-state index is 12.5. The van der Waals surface area contributed by atoms with Crippen LogP contribution < -0.4 is 4.90 Å². The number of para-hydroxylation sites is 2. The van der Waals surface area contributed by atoms with E-state index in [4.69, 9.17) is 4.42 Å². The first-order chi connectivity index (χ1) is 14.1. The maximum absolute atomic E-state index is 12.5. The Kier molecular flexibility index (Phi) is 4.21. The molecule has 1 aliphatic heterocycles. The number of anilines is 1. The molecule has 1 aliphatic rings. The van der Waals surface area contributed by atoms with Gasteiger partial charge in [0.25, 0.3) is 5.91 Å². The minimum Gasteiger partial charge on any atom is -0.456 e. The largest absolute Gasteiger partial charge is 0.456 e. The van der Waals surface area contributed by atoms with Crippen molar-refractivity contribution in [2.45, 2.75) is 6.92 Å². The second kappa shape index (κ2) is 6.90. The molecular formula is C23H17N3O2S. The zero-order chi connectivity index (χ0) is 20.0. The lowest BCUT2D eigenvalue weighted by molar-refractivity contribution is -0.113. The Balaban J connectivity index is 1.47. The summed E-state index contributed by atoms with van der Waals surface area (Å²) in [6.07, 6.45) is 3.55. The third kappa shape index (κ3) is 3.11. The number of hydrogen-bond donors (Lipinski definition) is 0. The van der Waals surface area contributed by atoms with Gasteiger partial charge in [0.2, 0.25) is 0 Å². The van der Waals surface area contributed by atoms with E-state index in [1.807, 2.05) is 73.5 Å². The number of amides is 1. The van der Waals surface area contributed by atoms with Gasteiger partial charge in [0.15, 0.2) is 5.17 Å². The Bertz CT molecular complexity index is 1340. The Morgan fingerprint density at radius 3 is 2.76 bits per heavy atom. The highest BCUT2D eigenvalue weighted by Crippen LogP contribution is 2.34. The first-order valence-corrected chi connectivity index (χ1v) is 10.0. The number of fused-ring (bicyclic) bond motifs is 3. The highest BCUT2D eigenvalue weighted by Gasteiger charge is 2.26. The van der Waals surface area contributed by atoms with E-state index >= 15 is 0 Å². The van der Waals surface area contributed by atoms with Crippen molar-refractivity contribution in [2.75, 3.05) is 11.9 Å². The Labute approximate surface area is 171 Å². The number of hydrogen-bond acceptors (Lipinski definition) is 5. The monoisotopic (exact) mass is 399 g/mol. The van der Waals surface area contributed by atoms with E-state index in [2.05, 4.69) is 9.98 Å². The zero-order valence-electron chi connectivity index (χ0n) is 15.9. The van der Waals surface area contributed by atoms with Gasteiger partial charge in [0, 0.05) is 35.8 Å². The molecule has 0 saturated heterocycles. The molecular weight excluding hydrogens is 382 g/mol. The number of amidine groups is 1. The van der Waals surface area contributed by atoms with E-state index in [9.17, 15) is 4.79 Å². The van der Waals surface area contributed by atoms with E-state index < -0.39 is 0 Å². The van der Waals surface area contributed by atoms with Gasteiger partial charge in [0.1, 0.15) is 11.3 Å². The highest BCUT2D eigenvalue weighted by atomic mass is 32.2. The fourth-order valence-electron chi connectivity index (χ4n) is 3.43. The van der Waals surface area contributed by atoms with Crippen LogP contribution in [0.3, 0.4) is 0 Å². The number of thioether (sulfide) groups is 1. The van der Waals surface area contributed by atoms with E-state index in [0.29, 0.717) is 15.8 Å². The number of carbonyl (C=O) groups is 1. The standard InChI is InChI=1S/C23H17N3O2S/c1-14-7-3-6-10-19(14)26(2)23-25-22(27)20(29-23)12-16-11-15-13-24-18-9-5-4-8-17(18)21(15)28-16/h3-13H,1-2H3/b20-12-. The van der Waals surface area contributed by atoms with E-state index in [1.54, 1.807) is 12.3 Å². The van der Waals surface area contributed by atoms with Gasteiger partial charge in [-0.15, -0.1) is 0 Å². The molecule has 2 aromatic heterocycles. The molecule has 0 spiro atoms. The molecule has 6 heteroatoms. The molecule has 142 valence electrons. The fourth-order valence-corrected chi connectivity index (χ4v) is 4.30. The van der Waals surface area contributed by atoms with E-state index in [1.165, 1.54) is 11.8 Å². The van der Waals surface area contributed by atoms with Crippen molar-refractivity contribution in [2.24, 2.45) is 4.99 Å². The molecule has 0 radical (unpaired) electrons. The van der Waals surface area contributed by atoms with Gasteiger partial charge in [-0.3, -0.25) is 9.78 Å². The molecule has 3 heterocycles. The summed E-state index contributed by atoms with van der Waals surface area (Å²) in [5, 5.41) is 2.51. The SMILES string of the molecule is Cc1ccccc1N(C)C1=NC(=O)/C(=C/c2cc3cnc4ccccc4c3o2)S1. The number of rotatable bonds is 2. The lowest BCUT2D eigenvalue weighted by atomic mass is 10.2. The van der Waals surface area contributed by atoms with Gasteiger partial charge in [-0.25, -0.2) is 0 Å². The van der Waals surface area contributed by atoms with E-state index in [-0.39, 0.29) is 5.91 Å². The Morgan fingerprint density at radius 2 is 1.90 bits per heavy atom. The number of furan rings is 1. The number of aromatic nitrogens is 1. The van der Waals surface area contributed by atoms with Gasteiger partial charge in [-0.2, -0.15) is 4.99 Å². The summed E-state index contributed by atoms with van der Waals surface area (Å²) in [4.78, 5) is 23.7. The molecule has 5 rings (SSSR count). The molecule has 4 aromatic rings. The molecule has 0 bridgehead atoms. The normalized spacial score (nSPS) is 15.4. The number of carbonyl (C=O) groups excluding carboxylic acids is 1. The van der Waals surface area contributed by atoms with Crippen molar-refractivity contribution in [3.05, 3.63) is 77.0 Å². The van der Waals surface area contributed by atoms with Gasteiger partial charge in [-0.05, 0) is 48.5 Å². The van der Waals surface area contributed by atoms with Crippen LogP contribution in [0.1, 0.15) is 11.3 Å². The summed E-state index contributed by atoms with van der Waals surface area (Å²) in [5.41, 5.74) is 3.80. The predicted molar refractivity (Wildman–Crippen MR) is 119 cm³/mol. The molecule has 0 unspecified atom stereocenters. The molecule has 29 heavy (non-hydrogen) atoms. The fraction of sp³-hybridized carbons (Fsp3) is 0.0870. The van der Waals surface area contributed by atoms with E-state index in [0.717, 1.165) is 33.1 Å². The second-order valence-electron chi connectivity index (χ2n) is 6.86. The number of benzene rings is 2. The average molecular weight is 399 g/mol. The highest BCUT2D eigenvalue weighted by molar-refractivity contribution is 8.18. The lowest BCUT2D eigenvalue weighted by Gasteiger charge is -2.19. The van der Waals surface area contributed by atoms with Gasteiger partial charge in [-0.1, -0.05) is 30.3 Å². The van der Waals surface area contributed by atoms with Gasteiger partial charge < -0.3 is 9.32 Å².